The fraction of sp³-hybridized carbons (Fsp3) is 0.261. The van der Waals surface area contributed by atoms with Crippen molar-refractivity contribution in [2.75, 3.05) is 0 Å². The highest BCUT2D eigenvalue weighted by Gasteiger charge is 2.22. The van der Waals surface area contributed by atoms with Gasteiger partial charge in [-0.2, -0.15) is 0 Å². The third kappa shape index (κ3) is 4.28. The van der Waals surface area contributed by atoms with Gasteiger partial charge < -0.3 is 0 Å². The average molecular weight is 366 g/mol. The molecule has 3 heteroatoms. The van der Waals surface area contributed by atoms with Crippen molar-refractivity contribution in [1.29, 1.82) is 0 Å². The van der Waals surface area contributed by atoms with E-state index in [9.17, 15) is 4.39 Å². The molecule has 3 aromatic rings. The van der Waals surface area contributed by atoms with Gasteiger partial charge in [0.2, 0.25) is 0 Å². The summed E-state index contributed by atoms with van der Waals surface area (Å²) in [7, 11) is -1.83. The summed E-state index contributed by atoms with van der Waals surface area (Å²) in [4.78, 5) is 4.60. The van der Waals surface area contributed by atoms with Gasteiger partial charge in [0.1, 0.15) is 5.82 Å². The number of hydrogen-bond donors (Lipinski definition) is 0. The fourth-order valence-corrected chi connectivity index (χ4v) is 4.41. The van der Waals surface area contributed by atoms with Crippen molar-refractivity contribution in [3.8, 4) is 11.3 Å². The third-order valence-corrected chi connectivity index (χ3v) is 6.54. The molecule has 0 aliphatic carbocycles. The second-order valence-corrected chi connectivity index (χ2v) is 12.7. The predicted molar refractivity (Wildman–Crippen MR) is 111 cm³/mol. The van der Waals surface area contributed by atoms with Crippen LogP contribution < -0.4 is 5.19 Å². The third-order valence-electron chi connectivity index (χ3n) is 4.52. The molecule has 0 amide bonds. The normalized spacial score (nSPS) is 14.5. The van der Waals surface area contributed by atoms with E-state index in [1.165, 1.54) is 12.1 Å². The highest BCUT2D eigenvalue weighted by molar-refractivity contribution is 6.89. The van der Waals surface area contributed by atoms with Gasteiger partial charge in [0.15, 0.2) is 0 Å². The number of aromatic nitrogens is 1. The molecular formula is C23H26FNSi. The molecule has 1 nitrogen and oxygen atoms in total. The van der Waals surface area contributed by atoms with Gasteiger partial charge in [-0.25, -0.2) is 4.39 Å². The van der Waals surface area contributed by atoms with Crippen LogP contribution in [0.4, 0.5) is 4.39 Å². The lowest BCUT2D eigenvalue weighted by atomic mass is 9.93. The van der Waals surface area contributed by atoms with Crippen LogP contribution in [-0.4, -0.2) is 13.1 Å². The molecule has 1 atom stereocenters. The summed E-state index contributed by atoms with van der Waals surface area (Å²) in [6.07, 6.45) is 0.268. The molecule has 1 heterocycles. The predicted octanol–water partition coefficient (Wildman–Crippen LogP) is 5.78. The number of benzene rings is 2. The average Bonchev–Trinajstić information content (AvgIpc) is 2.67. The molecule has 0 spiro atoms. The van der Waals surface area contributed by atoms with E-state index in [2.05, 4.69) is 24.6 Å². The Balaban J connectivity index is 2.15. The summed E-state index contributed by atoms with van der Waals surface area (Å²) in [5.41, 5.74) is 3.11. The zero-order valence-corrected chi connectivity index (χ0v) is 16.8. The van der Waals surface area contributed by atoms with Crippen molar-refractivity contribution in [2.45, 2.75) is 38.9 Å². The molecule has 0 bridgehead atoms. The van der Waals surface area contributed by atoms with Gasteiger partial charge in [-0.05, 0) is 58.9 Å². The summed E-state index contributed by atoms with van der Waals surface area (Å²) < 4.78 is 31.4. The van der Waals surface area contributed by atoms with E-state index in [0.717, 1.165) is 16.3 Å². The lowest BCUT2D eigenvalue weighted by Gasteiger charge is -2.23. The summed E-state index contributed by atoms with van der Waals surface area (Å²) in [5.74, 6) is -0.608. The molecule has 26 heavy (non-hydrogen) atoms. The Kier molecular flexibility index (Phi) is 4.63. The lowest BCUT2D eigenvalue weighted by molar-refractivity contribution is 0.628. The zero-order chi connectivity index (χ0) is 20.5. The SMILES string of the molecule is [2H]C([2H])(c1cc(-c2ccc(F)cc2)ncc1[Si](C)(C)C)C(C)c1ccccc1. The summed E-state index contributed by atoms with van der Waals surface area (Å²) in [6.45, 7) is 8.54. The van der Waals surface area contributed by atoms with Crippen LogP contribution in [0.25, 0.3) is 11.3 Å². The van der Waals surface area contributed by atoms with E-state index in [1.54, 1.807) is 12.1 Å². The van der Waals surface area contributed by atoms with Crippen LogP contribution in [0.15, 0.2) is 66.9 Å². The Morgan fingerprint density at radius 1 is 1.04 bits per heavy atom. The topological polar surface area (TPSA) is 12.9 Å². The minimum atomic E-state index is -1.83. The quantitative estimate of drug-likeness (QED) is 0.522. The standard InChI is InChI=1S/C23H26FNSi/c1-17(18-8-6-5-7-9-18)14-20-15-22(19-10-12-21(24)13-11-19)25-16-23(20)26(2,3)4/h5-13,15-17H,14H2,1-4H3/i14D2. The van der Waals surface area contributed by atoms with E-state index in [-0.39, 0.29) is 11.7 Å². The highest BCUT2D eigenvalue weighted by atomic mass is 28.3. The first-order valence-electron chi connectivity index (χ1n) is 9.92. The minimum absolute atomic E-state index is 0.296. The van der Waals surface area contributed by atoms with Crippen LogP contribution >= 0.6 is 0 Å². The molecule has 0 aliphatic rings. The first-order chi connectivity index (χ1) is 13.1. The Morgan fingerprint density at radius 2 is 1.69 bits per heavy atom. The van der Waals surface area contributed by atoms with E-state index < -0.39 is 14.4 Å². The Bertz CT molecular complexity index is 951. The van der Waals surface area contributed by atoms with Gasteiger partial charge in [0, 0.05) is 14.5 Å². The maximum Gasteiger partial charge on any atom is 0.123 e. The second-order valence-electron chi connectivity index (χ2n) is 7.65. The van der Waals surface area contributed by atoms with Gasteiger partial charge in [-0.3, -0.25) is 4.98 Å². The van der Waals surface area contributed by atoms with Crippen molar-refractivity contribution in [3.05, 3.63) is 83.8 Å². The first-order valence-corrected chi connectivity index (χ1v) is 12.4. The maximum atomic E-state index is 13.3. The van der Waals surface area contributed by atoms with Crippen LogP contribution in [0.3, 0.4) is 0 Å². The smallest absolute Gasteiger partial charge is 0.123 e. The van der Waals surface area contributed by atoms with E-state index in [1.807, 2.05) is 49.5 Å². The van der Waals surface area contributed by atoms with Crippen molar-refractivity contribution in [1.82, 2.24) is 4.98 Å². The number of rotatable bonds is 5. The van der Waals surface area contributed by atoms with Crippen molar-refractivity contribution in [2.24, 2.45) is 0 Å². The molecule has 0 saturated heterocycles. The number of nitrogens with zero attached hydrogens (tertiary/aromatic N) is 1. The van der Waals surface area contributed by atoms with Gasteiger partial charge in [-0.15, -0.1) is 0 Å². The maximum absolute atomic E-state index is 13.3. The van der Waals surface area contributed by atoms with Gasteiger partial charge in [0.25, 0.3) is 0 Å². The molecule has 0 radical (unpaired) electrons. The first kappa shape index (κ1) is 16.0. The Hall–Kier alpha value is -2.26. The molecule has 0 N–H and O–H groups in total. The molecule has 1 unspecified atom stereocenters. The molecule has 3 rings (SSSR count). The number of hydrogen-bond acceptors (Lipinski definition) is 1. The van der Waals surface area contributed by atoms with Gasteiger partial charge in [0.05, 0.1) is 13.8 Å². The van der Waals surface area contributed by atoms with Crippen molar-refractivity contribution < 1.29 is 7.13 Å². The van der Waals surface area contributed by atoms with Crippen molar-refractivity contribution in [3.63, 3.8) is 0 Å². The van der Waals surface area contributed by atoms with Gasteiger partial charge >= 0.3 is 0 Å². The number of halogens is 1. The Labute approximate surface area is 159 Å². The highest BCUT2D eigenvalue weighted by Crippen LogP contribution is 2.24. The second kappa shape index (κ2) is 7.54. The molecule has 134 valence electrons. The monoisotopic (exact) mass is 365 g/mol. The Morgan fingerprint density at radius 3 is 2.31 bits per heavy atom. The lowest BCUT2D eigenvalue weighted by Crippen LogP contribution is -2.40. The van der Waals surface area contributed by atoms with Crippen LogP contribution in [-0.2, 0) is 6.37 Å². The zero-order valence-electron chi connectivity index (χ0n) is 17.8. The van der Waals surface area contributed by atoms with Crippen LogP contribution in [0, 0.1) is 5.82 Å². The molecule has 0 fully saturated rings. The van der Waals surface area contributed by atoms with E-state index in [0.29, 0.717) is 11.3 Å². The van der Waals surface area contributed by atoms with Crippen LogP contribution in [0.5, 0.6) is 0 Å². The van der Waals surface area contributed by atoms with Crippen LogP contribution in [0.2, 0.25) is 19.6 Å². The van der Waals surface area contributed by atoms with Crippen LogP contribution in [0.1, 0.15) is 26.7 Å². The summed E-state index contributed by atoms with van der Waals surface area (Å²) >= 11 is 0. The van der Waals surface area contributed by atoms with Gasteiger partial charge in [-0.1, -0.05) is 56.9 Å². The molecule has 0 aliphatic heterocycles. The number of pyridine rings is 1. The molecular weight excluding hydrogens is 337 g/mol. The molecule has 0 saturated carbocycles. The molecule has 2 aromatic carbocycles. The minimum Gasteiger partial charge on any atom is -0.256 e. The van der Waals surface area contributed by atoms with Crippen molar-refractivity contribution >= 4 is 13.3 Å². The molecule has 1 aromatic heterocycles. The van der Waals surface area contributed by atoms with E-state index in [4.69, 9.17) is 2.74 Å². The fourth-order valence-electron chi connectivity index (χ4n) is 3.01. The largest absolute Gasteiger partial charge is 0.256 e. The summed E-state index contributed by atoms with van der Waals surface area (Å²) in [6, 6.07) is 17.8. The summed E-state index contributed by atoms with van der Waals surface area (Å²) in [5, 5.41) is 1.02. The van der Waals surface area contributed by atoms with E-state index >= 15 is 0 Å².